The number of nitrogens with one attached hydrogen (secondary N) is 1. The maximum atomic E-state index is 12.5. The minimum absolute atomic E-state index is 0.105. The molecule has 1 aliphatic rings. The lowest BCUT2D eigenvalue weighted by Crippen LogP contribution is -2.56. The first-order valence-electron chi connectivity index (χ1n) is 8.04. The van der Waals surface area contributed by atoms with Crippen molar-refractivity contribution in [3.63, 3.8) is 0 Å². The normalized spacial score (nSPS) is 25.8. The molecule has 1 saturated carbocycles. The van der Waals surface area contributed by atoms with E-state index in [0.29, 0.717) is 6.61 Å². The molecule has 1 fully saturated rings. The second-order valence-corrected chi connectivity index (χ2v) is 5.98. The number of nitrogens with zero attached hydrogens (tertiary/aromatic N) is 2. The van der Waals surface area contributed by atoms with Gasteiger partial charge >= 0.3 is 5.97 Å². The molecular formula is C16H27N3O2. The van der Waals surface area contributed by atoms with Crippen LogP contribution in [0, 0.1) is 6.92 Å². The van der Waals surface area contributed by atoms with Gasteiger partial charge in [0, 0.05) is 6.20 Å². The van der Waals surface area contributed by atoms with Crippen molar-refractivity contribution >= 4 is 5.97 Å². The lowest BCUT2D eigenvalue weighted by atomic mass is 9.78. The molecule has 0 amide bonds. The Labute approximate surface area is 127 Å². The maximum Gasteiger partial charge on any atom is 0.326 e. The Kier molecular flexibility index (Phi) is 5.39. The summed E-state index contributed by atoms with van der Waals surface area (Å²) in [5.74, 6) is -0.105. The van der Waals surface area contributed by atoms with E-state index in [1.807, 2.05) is 24.7 Å². The Hall–Kier alpha value is -1.36. The van der Waals surface area contributed by atoms with Crippen LogP contribution in [0.1, 0.15) is 57.6 Å². The van der Waals surface area contributed by atoms with E-state index in [9.17, 15) is 4.79 Å². The van der Waals surface area contributed by atoms with Gasteiger partial charge in [-0.1, -0.05) is 6.92 Å². The van der Waals surface area contributed by atoms with Crippen LogP contribution in [-0.4, -0.2) is 34.4 Å². The van der Waals surface area contributed by atoms with Crippen LogP contribution in [0.5, 0.6) is 0 Å². The first-order valence-corrected chi connectivity index (χ1v) is 8.04. The average Bonchev–Trinajstić information content (AvgIpc) is 2.92. The number of esters is 1. The van der Waals surface area contributed by atoms with Crippen molar-refractivity contribution in [1.29, 1.82) is 0 Å². The van der Waals surface area contributed by atoms with Gasteiger partial charge in [0.25, 0.3) is 0 Å². The zero-order valence-electron chi connectivity index (χ0n) is 13.4. The zero-order chi connectivity index (χ0) is 15.3. The Morgan fingerprint density at radius 3 is 3.00 bits per heavy atom. The number of ether oxygens (including phenoxy) is 1. The summed E-state index contributed by atoms with van der Waals surface area (Å²) < 4.78 is 7.35. The topological polar surface area (TPSA) is 56.1 Å². The van der Waals surface area contributed by atoms with Gasteiger partial charge in [-0.05, 0) is 58.1 Å². The molecule has 0 radical (unpaired) electrons. The van der Waals surface area contributed by atoms with Crippen LogP contribution < -0.4 is 5.32 Å². The second-order valence-electron chi connectivity index (χ2n) is 5.98. The quantitative estimate of drug-likeness (QED) is 0.819. The summed E-state index contributed by atoms with van der Waals surface area (Å²) in [4.78, 5) is 12.5. The molecule has 0 bridgehead atoms. The van der Waals surface area contributed by atoms with Gasteiger partial charge in [0.2, 0.25) is 0 Å². The van der Waals surface area contributed by atoms with Crippen LogP contribution in [0.3, 0.4) is 0 Å². The van der Waals surface area contributed by atoms with E-state index >= 15 is 0 Å². The Bertz CT molecular complexity index is 472. The number of hydrogen-bond donors (Lipinski definition) is 1. The van der Waals surface area contributed by atoms with Crippen molar-refractivity contribution in [2.45, 2.75) is 64.5 Å². The lowest BCUT2D eigenvalue weighted by Gasteiger charge is -2.39. The van der Waals surface area contributed by atoms with E-state index in [1.54, 1.807) is 0 Å². The molecule has 5 heteroatoms. The highest BCUT2D eigenvalue weighted by molar-refractivity contribution is 5.81. The Balaban J connectivity index is 2.17. The van der Waals surface area contributed by atoms with Crippen LogP contribution in [0.2, 0.25) is 0 Å². The molecule has 1 N–H and O–H groups in total. The van der Waals surface area contributed by atoms with Crippen LogP contribution in [-0.2, 0) is 9.53 Å². The summed E-state index contributed by atoms with van der Waals surface area (Å²) in [6.45, 7) is 7.29. The van der Waals surface area contributed by atoms with Gasteiger partial charge in [0.1, 0.15) is 5.54 Å². The first kappa shape index (κ1) is 16.0. The van der Waals surface area contributed by atoms with Crippen molar-refractivity contribution in [3.8, 4) is 0 Å². The SMILES string of the molecule is CCCNC1(C(=O)OCC)CCCC(n2cc(C)cn2)C1. The summed E-state index contributed by atoms with van der Waals surface area (Å²) in [5, 5.41) is 7.89. The molecule has 2 unspecified atom stereocenters. The summed E-state index contributed by atoms with van der Waals surface area (Å²) in [7, 11) is 0. The van der Waals surface area contributed by atoms with E-state index < -0.39 is 5.54 Å². The van der Waals surface area contributed by atoms with Crippen LogP contribution >= 0.6 is 0 Å². The predicted octanol–water partition coefficient (Wildman–Crippen LogP) is 2.61. The number of aromatic nitrogens is 2. The lowest BCUT2D eigenvalue weighted by molar-refractivity contribution is -0.153. The fourth-order valence-corrected chi connectivity index (χ4v) is 3.16. The number of aryl methyl sites for hydroxylation is 1. The molecule has 5 nitrogen and oxygen atoms in total. The molecule has 0 spiro atoms. The minimum Gasteiger partial charge on any atom is -0.465 e. The summed E-state index contributed by atoms with van der Waals surface area (Å²) in [5.41, 5.74) is 0.609. The number of hydrogen-bond acceptors (Lipinski definition) is 4. The van der Waals surface area contributed by atoms with Gasteiger partial charge < -0.3 is 10.1 Å². The molecule has 21 heavy (non-hydrogen) atoms. The first-order chi connectivity index (χ1) is 10.1. The molecule has 1 aromatic heterocycles. The van der Waals surface area contributed by atoms with Gasteiger partial charge in [0.15, 0.2) is 0 Å². The molecule has 1 aliphatic carbocycles. The van der Waals surface area contributed by atoms with E-state index in [2.05, 4.69) is 23.5 Å². The van der Waals surface area contributed by atoms with Crippen LogP contribution in [0.15, 0.2) is 12.4 Å². The zero-order valence-corrected chi connectivity index (χ0v) is 13.4. The fraction of sp³-hybridized carbons (Fsp3) is 0.750. The van der Waals surface area contributed by atoms with Gasteiger partial charge in [-0.2, -0.15) is 5.10 Å². The third-order valence-electron chi connectivity index (χ3n) is 4.21. The molecule has 2 atom stereocenters. The molecule has 1 heterocycles. The van der Waals surface area contributed by atoms with Crippen molar-refractivity contribution < 1.29 is 9.53 Å². The predicted molar refractivity (Wildman–Crippen MR) is 82.1 cm³/mol. The maximum absolute atomic E-state index is 12.5. The molecule has 0 saturated heterocycles. The molecular weight excluding hydrogens is 266 g/mol. The number of carbonyl (C=O) groups is 1. The minimum atomic E-state index is -0.547. The highest BCUT2D eigenvalue weighted by atomic mass is 16.5. The van der Waals surface area contributed by atoms with Crippen molar-refractivity contribution in [3.05, 3.63) is 18.0 Å². The number of rotatable bonds is 6. The second kappa shape index (κ2) is 7.07. The summed E-state index contributed by atoms with van der Waals surface area (Å²) >= 11 is 0. The van der Waals surface area contributed by atoms with Gasteiger partial charge in [-0.25, -0.2) is 0 Å². The highest BCUT2D eigenvalue weighted by Gasteiger charge is 2.44. The Morgan fingerprint density at radius 1 is 1.57 bits per heavy atom. The summed E-state index contributed by atoms with van der Waals surface area (Å²) in [6, 6.07) is 0.265. The molecule has 1 aromatic rings. The monoisotopic (exact) mass is 293 g/mol. The van der Waals surface area contributed by atoms with E-state index in [0.717, 1.165) is 44.2 Å². The van der Waals surface area contributed by atoms with Crippen molar-refractivity contribution in [2.75, 3.05) is 13.2 Å². The van der Waals surface area contributed by atoms with Crippen LogP contribution in [0.4, 0.5) is 0 Å². The third kappa shape index (κ3) is 3.64. The van der Waals surface area contributed by atoms with E-state index in [-0.39, 0.29) is 12.0 Å². The van der Waals surface area contributed by atoms with Crippen molar-refractivity contribution in [2.24, 2.45) is 0 Å². The highest BCUT2D eigenvalue weighted by Crippen LogP contribution is 2.36. The van der Waals surface area contributed by atoms with E-state index in [1.165, 1.54) is 0 Å². The Morgan fingerprint density at radius 2 is 2.38 bits per heavy atom. The van der Waals surface area contributed by atoms with Gasteiger partial charge in [-0.15, -0.1) is 0 Å². The van der Waals surface area contributed by atoms with Crippen LogP contribution in [0.25, 0.3) is 0 Å². The molecule has 0 aliphatic heterocycles. The average molecular weight is 293 g/mol. The third-order valence-corrected chi connectivity index (χ3v) is 4.21. The van der Waals surface area contributed by atoms with Gasteiger partial charge in [0.05, 0.1) is 18.8 Å². The van der Waals surface area contributed by atoms with Gasteiger partial charge in [-0.3, -0.25) is 9.48 Å². The number of carbonyl (C=O) groups excluding carboxylic acids is 1. The van der Waals surface area contributed by atoms with E-state index in [4.69, 9.17) is 4.74 Å². The standard InChI is InChI=1S/C16H27N3O2/c1-4-9-17-16(15(20)21-5-2)8-6-7-14(10-16)19-12-13(3)11-18-19/h11-12,14,17H,4-10H2,1-3H3. The molecule has 2 rings (SSSR count). The summed E-state index contributed by atoms with van der Waals surface area (Å²) in [6.07, 6.45) is 8.63. The van der Waals surface area contributed by atoms with Crippen molar-refractivity contribution in [1.82, 2.24) is 15.1 Å². The smallest absolute Gasteiger partial charge is 0.326 e. The largest absolute Gasteiger partial charge is 0.465 e. The fourth-order valence-electron chi connectivity index (χ4n) is 3.16. The molecule has 0 aromatic carbocycles. The molecule has 118 valence electrons.